The Kier molecular flexibility index (Phi) is 5.75. The minimum Gasteiger partial charge on any atom is -0.449 e. The van der Waals surface area contributed by atoms with Gasteiger partial charge >= 0.3 is 6.09 Å². The van der Waals surface area contributed by atoms with Gasteiger partial charge in [-0.15, -0.1) is 5.10 Å². The summed E-state index contributed by atoms with van der Waals surface area (Å²) in [5, 5.41) is 8.26. The van der Waals surface area contributed by atoms with Crippen LogP contribution in [0.15, 0.2) is 24.3 Å². The molecule has 0 aliphatic heterocycles. The van der Waals surface area contributed by atoms with E-state index in [2.05, 4.69) is 17.2 Å². The van der Waals surface area contributed by atoms with Gasteiger partial charge in [0, 0.05) is 6.54 Å². The Morgan fingerprint density at radius 1 is 1.36 bits per heavy atom. The van der Waals surface area contributed by atoms with E-state index in [1.807, 2.05) is 38.1 Å². The van der Waals surface area contributed by atoms with Crippen molar-refractivity contribution in [2.45, 2.75) is 40.3 Å². The summed E-state index contributed by atoms with van der Waals surface area (Å²) in [5.41, 5.74) is 1.74. The normalized spacial score (nSPS) is 11.1. The molecule has 22 heavy (non-hydrogen) atoms. The summed E-state index contributed by atoms with van der Waals surface area (Å²) >= 11 is 0. The molecule has 0 saturated heterocycles. The maximum atomic E-state index is 12.3. The molecular formula is C16H24N4O2. The standard InChI is InChI=1S/C16H24N4O2/c1-4-5-10-19(16(21)22-11-13(2)3)12-20-15-9-7-6-8-14(15)17-18-20/h6-9,13H,4-5,10-12H2,1-3H3. The molecule has 0 bridgehead atoms. The molecule has 0 saturated carbocycles. The first-order chi connectivity index (χ1) is 10.6. The zero-order valence-electron chi connectivity index (χ0n) is 13.5. The topological polar surface area (TPSA) is 60.2 Å². The molecule has 0 unspecified atom stereocenters. The number of hydrogen-bond donors (Lipinski definition) is 0. The lowest BCUT2D eigenvalue weighted by molar-refractivity contribution is 0.0798. The SMILES string of the molecule is CCCCN(Cn1nnc2ccccc21)C(=O)OCC(C)C. The molecule has 0 radical (unpaired) electrons. The molecule has 120 valence electrons. The number of carbonyl (C=O) groups excluding carboxylic acids is 1. The van der Waals surface area contributed by atoms with Gasteiger partial charge in [-0.3, -0.25) is 4.90 Å². The number of rotatable bonds is 7. The highest BCUT2D eigenvalue weighted by molar-refractivity contribution is 5.74. The van der Waals surface area contributed by atoms with E-state index in [9.17, 15) is 4.79 Å². The van der Waals surface area contributed by atoms with Crippen molar-refractivity contribution in [1.82, 2.24) is 19.9 Å². The molecule has 0 aliphatic carbocycles. The van der Waals surface area contributed by atoms with E-state index in [4.69, 9.17) is 4.74 Å². The predicted octanol–water partition coefficient (Wildman–Crippen LogP) is 3.28. The zero-order chi connectivity index (χ0) is 15.9. The molecule has 6 heteroatoms. The van der Waals surface area contributed by atoms with Crippen LogP contribution in [-0.4, -0.2) is 39.1 Å². The lowest BCUT2D eigenvalue weighted by Gasteiger charge is -2.22. The van der Waals surface area contributed by atoms with E-state index in [0.717, 1.165) is 23.9 Å². The van der Waals surface area contributed by atoms with E-state index < -0.39 is 0 Å². The van der Waals surface area contributed by atoms with Crippen molar-refractivity contribution in [2.75, 3.05) is 13.2 Å². The van der Waals surface area contributed by atoms with E-state index >= 15 is 0 Å². The van der Waals surface area contributed by atoms with Crippen LogP contribution >= 0.6 is 0 Å². The van der Waals surface area contributed by atoms with Crippen LogP contribution in [-0.2, 0) is 11.4 Å². The third-order valence-electron chi connectivity index (χ3n) is 3.30. The van der Waals surface area contributed by atoms with Crippen molar-refractivity contribution in [1.29, 1.82) is 0 Å². The van der Waals surface area contributed by atoms with Crippen molar-refractivity contribution in [3.05, 3.63) is 24.3 Å². The summed E-state index contributed by atoms with van der Waals surface area (Å²) < 4.78 is 7.09. The van der Waals surface area contributed by atoms with E-state index in [-0.39, 0.29) is 6.09 Å². The second-order valence-corrected chi connectivity index (χ2v) is 5.81. The van der Waals surface area contributed by atoms with Gasteiger partial charge in [0.1, 0.15) is 12.2 Å². The van der Waals surface area contributed by atoms with Gasteiger partial charge in [-0.1, -0.05) is 44.5 Å². The smallest absolute Gasteiger partial charge is 0.411 e. The molecule has 2 aromatic rings. The van der Waals surface area contributed by atoms with Crippen molar-refractivity contribution in [2.24, 2.45) is 5.92 Å². The Balaban J connectivity index is 2.10. The van der Waals surface area contributed by atoms with Crippen LogP contribution in [0.4, 0.5) is 4.79 Å². The number of amides is 1. The summed E-state index contributed by atoms with van der Waals surface area (Å²) in [6, 6.07) is 7.72. The first-order valence-corrected chi connectivity index (χ1v) is 7.81. The summed E-state index contributed by atoms with van der Waals surface area (Å²) in [6.45, 7) is 7.59. The van der Waals surface area contributed by atoms with Crippen LogP contribution in [0.1, 0.15) is 33.6 Å². The lowest BCUT2D eigenvalue weighted by atomic mass is 10.2. The number of hydrogen-bond acceptors (Lipinski definition) is 4. The second-order valence-electron chi connectivity index (χ2n) is 5.81. The molecule has 6 nitrogen and oxygen atoms in total. The molecule has 1 aromatic heterocycles. The van der Waals surface area contributed by atoms with Crippen LogP contribution in [0.2, 0.25) is 0 Å². The van der Waals surface area contributed by atoms with E-state index in [0.29, 0.717) is 25.7 Å². The van der Waals surface area contributed by atoms with Gasteiger partial charge in [0.05, 0.1) is 12.1 Å². The van der Waals surface area contributed by atoms with E-state index in [1.54, 1.807) is 9.58 Å². The van der Waals surface area contributed by atoms with Crippen LogP contribution in [0.25, 0.3) is 11.0 Å². The molecule has 0 aliphatic rings. The number of carbonyl (C=O) groups is 1. The number of fused-ring (bicyclic) bond motifs is 1. The molecule has 0 fully saturated rings. The van der Waals surface area contributed by atoms with Gasteiger partial charge < -0.3 is 4.74 Å². The molecule has 1 amide bonds. The maximum Gasteiger partial charge on any atom is 0.411 e. The Morgan fingerprint density at radius 3 is 2.86 bits per heavy atom. The Morgan fingerprint density at radius 2 is 2.14 bits per heavy atom. The molecule has 1 heterocycles. The maximum absolute atomic E-state index is 12.3. The minimum atomic E-state index is -0.290. The second kappa shape index (κ2) is 7.77. The van der Waals surface area contributed by atoms with E-state index in [1.165, 1.54) is 0 Å². The fraction of sp³-hybridized carbons (Fsp3) is 0.562. The fourth-order valence-corrected chi connectivity index (χ4v) is 2.08. The van der Waals surface area contributed by atoms with Crippen molar-refractivity contribution < 1.29 is 9.53 Å². The Bertz CT molecular complexity index is 609. The number of aromatic nitrogens is 3. The highest BCUT2D eigenvalue weighted by Gasteiger charge is 2.17. The zero-order valence-corrected chi connectivity index (χ0v) is 13.5. The third kappa shape index (κ3) is 4.19. The van der Waals surface area contributed by atoms with Crippen molar-refractivity contribution in [3.63, 3.8) is 0 Å². The van der Waals surface area contributed by atoms with Crippen LogP contribution in [0.5, 0.6) is 0 Å². The summed E-state index contributed by atoms with van der Waals surface area (Å²) in [5.74, 6) is 0.323. The van der Waals surface area contributed by atoms with Gasteiger partial charge in [0.15, 0.2) is 0 Å². The molecule has 0 N–H and O–H groups in total. The van der Waals surface area contributed by atoms with Crippen LogP contribution in [0.3, 0.4) is 0 Å². The largest absolute Gasteiger partial charge is 0.449 e. The number of unbranched alkanes of at least 4 members (excludes halogenated alkanes) is 1. The summed E-state index contributed by atoms with van der Waals surface area (Å²) in [7, 11) is 0. The quantitative estimate of drug-likeness (QED) is 0.787. The number of para-hydroxylation sites is 1. The highest BCUT2D eigenvalue weighted by atomic mass is 16.6. The predicted molar refractivity (Wildman–Crippen MR) is 85.3 cm³/mol. The number of benzene rings is 1. The van der Waals surface area contributed by atoms with Crippen LogP contribution in [0, 0.1) is 5.92 Å². The van der Waals surface area contributed by atoms with Gasteiger partial charge in [0.2, 0.25) is 0 Å². The van der Waals surface area contributed by atoms with Gasteiger partial charge in [0.25, 0.3) is 0 Å². The fourth-order valence-electron chi connectivity index (χ4n) is 2.08. The number of nitrogens with zero attached hydrogens (tertiary/aromatic N) is 4. The van der Waals surface area contributed by atoms with Gasteiger partial charge in [-0.25, -0.2) is 9.48 Å². The summed E-state index contributed by atoms with van der Waals surface area (Å²) in [6.07, 6.45) is 1.66. The molecular weight excluding hydrogens is 280 g/mol. The van der Waals surface area contributed by atoms with Gasteiger partial charge in [-0.05, 0) is 24.5 Å². The highest BCUT2D eigenvalue weighted by Crippen LogP contribution is 2.11. The van der Waals surface area contributed by atoms with Gasteiger partial charge in [-0.2, -0.15) is 0 Å². The molecule has 0 spiro atoms. The molecule has 0 atom stereocenters. The average molecular weight is 304 g/mol. The Labute approximate surface area is 131 Å². The lowest BCUT2D eigenvalue weighted by Crippen LogP contribution is -2.35. The monoisotopic (exact) mass is 304 g/mol. The number of ether oxygens (including phenoxy) is 1. The average Bonchev–Trinajstić information content (AvgIpc) is 2.92. The molecule has 2 rings (SSSR count). The van der Waals surface area contributed by atoms with Crippen molar-refractivity contribution >= 4 is 17.1 Å². The third-order valence-corrected chi connectivity index (χ3v) is 3.30. The Hall–Kier alpha value is -2.11. The first kappa shape index (κ1) is 16.3. The minimum absolute atomic E-state index is 0.290. The van der Waals surface area contributed by atoms with Crippen LogP contribution < -0.4 is 0 Å². The first-order valence-electron chi connectivity index (χ1n) is 7.81. The molecule has 1 aromatic carbocycles. The van der Waals surface area contributed by atoms with Crippen molar-refractivity contribution in [3.8, 4) is 0 Å². The summed E-state index contributed by atoms with van der Waals surface area (Å²) in [4.78, 5) is 13.9.